The van der Waals surface area contributed by atoms with E-state index in [1.165, 1.54) is 16.7 Å². The SMILES string of the molecule is Cc1cc(C)c(C(C)NCc2cnn(C)c2)c(C)n1. The Bertz CT molecular complexity index is 548. The van der Waals surface area contributed by atoms with Crippen LogP contribution in [0.2, 0.25) is 0 Å². The van der Waals surface area contributed by atoms with Crippen molar-refractivity contribution >= 4 is 0 Å². The zero-order chi connectivity index (χ0) is 14.0. The summed E-state index contributed by atoms with van der Waals surface area (Å²) in [5.41, 5.74) is 6.00. The van der Waals surface area contributed by atoms with Gasteiger partial charge in [0.15, 0.2) is 0 Å². The number of hydrogen-bond donors (Lipinski definition) is 1. The van der Waals surface area contributed by atoms with Crippen molar-refractivity contribution in [3.63, 3.8) is 0 Å². The van der Waals surface area contributed by atoms with Crippen LogP contribution in [-0.2, 0) is 13.6 Å². The molecule has 0 saturated carbocycles. The Morgan fingerprint density at radius 3 is 2.63 bits per heavy atom. The quantitative estimate of drug-likeness (QED) is 0.916. The predicted molar refractivity (Wildman–Crippen MR) is 76.9 cm³/mol. The van der Waals surface area contributed by atoms with E-state index in [2.05, 4.69) is 42.2 Å². The van der Waals surface area contributed by atoms with Gasteiger partial charge >= 0.3 is 0 Å². The Balaban J connectivity index is 2.10. The molecule has 4 nitrogen and oxygen atoms in total. The summed E-state index contributed by atoms with van der Waals surface area (Å²) < 4.78 is 1.83. The van der Waals surface area contributed by atoms with Crippen molar-refractivity contribution in [1.82, 2.24) is 20.1 Å². The molecule has 4 heteroatoms. The van der Waals surface area contributed by atoms with Crippen LogP contribution < -0.4 is 5.32 Å². The highest BCUT2D eigenvalue weighted by molar-refractivity contribution is 5.33. The lowest BCUT2D eigenvalue weighted by molar-refractivity contribution is 0.566. The fraction of sp³-hybridized carbons (Fsp3) is 0.467. The van der Waals surface area contributed by atoms with Crippen molar-refractivity contribution in [1.29, 1.82) is 0 Å². The standard InChI is InChI=1S/C15H22N4/c1-10-6-11(2)18-13(4)15(10)12(3)16-7-14-8-17-19(5)9-14/h6,8-9,12,16H,7H2,1-5H3. The number of rotatable bonds is 4. The maximum atomic E-state index is 4.56. The lowest BCUT2D eigenvalue weighted by atomic mass is 10.0. The molecule has 2 aromatic heterocycles. The first-order valence-corrected chi connectivity index (χ1v) is 6.63. The normalized spacial score (nSPS) is 12.7. The molecule has 0 spiro atoms. The third kappa shape index (κ3) is 3.20. The first-order chi connectivity index (χ1) is 8.97. The van der Waals surface area contributed by atoms with Crippen LogP contribution >= 0.6 is 0 Å². The minimum Gasteiger partial charge on any atom is -0.306 e. The maximum absolute atomic E-state index is 4.56. The van der Waals surface area contributed by atoms with E-state index in [0.717, 1.165) is 17.9 Å². The van der Waals surface area contributed by atoms with Crippen LogP contribution in [0.1, 0.15) is 41.0 Å². The molecule has 2 heterocycles. The van der Waals surface area contributed by atoms with Crippen LogP contribution in [0, 0.1) is 20.8 Å². The second kappa shape index (κ2) is 5.53. The summed E-state index contributed by atoms with van der Waals surface area (Å²) in [7, 11) is 1.94. The first kappa shape index (κ1) is 13.7. The summed E-state index contributed by atoms with van der Waals surface area (Å²) in [6.45, 7) is 9.28. The molecule has 2 rings (SSSR count). The van der Waals surface area contributed by atoms with Gasteiger partial charge < -0.3 is 5.32 Å². The third-order valence-electron chi connectivity index (χ3n) is 3.39. The number of nitrogens with one attached hydrogen (secondary N) is 1. The molecule has 1 unspecified atom stereocenters. The minimum absolute atomic E-state index is 0.285. The van der Waals surface area contributed by atoms with Crippen LogP contribution in [0.3, 0.4) is 0 Å². The highest BCUT2D eigenvalue weighted by Crippen LogP contribution is 2.21. The van der Waals surface area contributed by atoms with Gasteiger partial charge in [0.2, 0.25) is 0 Å². The van der Waals surface area contributed by atoms with Gasteiger partial charge in [-0.3, -0.25) is 9.67 Å². The molecule has 1 atom stereocenters. The molecule has 0 fully saturated rings. The lowest BCUT2D eigenvalue weighted by Gasteiger charge is -2.18. The minimum atomic E-state index is 0.285. The molecule has 0 radical (unpaired) electrons. The van der Waals surface area contributed by atoms with Gasteiger partial charge in [0, 0.05) is 42.8 Å². The van der Waals surface area contributed by atoms with E-state index in [1.54, 1.807) is 0 Å². The molecule has 102 valence electrons. The molecule has 0 aliphatic rings. The fourth-order valence-corrected chi connectivity index (χ4v) is 2.62. The molecule has 0 bridgehead atoms. The van der Waals surface area contributed by atoms with Crippen molar-refractivity contribution in [2.45, 2.75) is 40.3 Å². The topological polar surface area (TPSA) is 42.7 Å². The Labute approximate surface area is 114 Å². The van der Waals surface area contributed by atoms with Gasteiger partial charge in [-0.2, -0.15) is 5.10 Å². The van der Waals surface area contributed by atoms with E-state index in [-0.39, 0.29) is 6.04 Å². The number of pyridine rings is 1. The second-order valence-electron chi connectivity index (χ2n) is 5.20. The Hall–Kier alpha value is -1.68. The van der Waals surface area contributed by atoms with E-state index in [4.69, 9.17) is 0 Å². The molecule has 0 amide bonds. The van der Waals surface area contributed by atoms with Crippen molar-refractivity contribution in [2.75, 3.05) is 0 Å². The molecule has 2 aromatic rings. The molecule has 0 aliphatic heterocycles. The number of nitrogens with zero attached hydrogens (tertiary/aromatic N) is 3. The lowest BCUT2D eigenvalue weighted by Crippen LogP contribution is -2.20. The first-order valence-electron chi connectivity index (χ1n) is 6.63. The smallest absolute Gasteiger partial charge is 0.0534 e. The van der Waals surface area contributed by atoms with Crippen molar-refractivity contribution in [3.05, 3.63) is 46.5 Å². The van der Waals surface area contributed by atoms with Crippen molar-refractivity contribution in [3.8, 4) is 0 Å². The molecule has 1 N–H and O–H groups in total. The summed E-state index contributed by atoms with van der Waals surface area (Å²) in [6, 6.07) is 2.43. The molecule has 0 aromatic carbocycles. The van der Waals surface area contributed by atoms with Gasteiger partial charge in [0.05, 0.1) is 6.20 Å². The van der Waals surface area contributed by atoms with Gasteiger partial charge in [-0.1, -0.05) is 0 Å². The second-order valence-corrected chi connectivity index (χ2v) is 5.20. The van der Waals surface area contributed by atoms with Crippen molar-refractivity contribution in [2.24, 2.45) is 7.05 Å². The van der Waals surface area contributed by atoms with Crippen LogP contribution in [0.25, 0.3) is 0 Å². The average Bonchev–Trinajstić information content (AvgIpc) is 2.71. The largest absolute Gasteiger partial charge is 0.306 e. The van der Waals surface area contributed by atoms with Crippen LogP contribution in [-0.4, -0.2) is 14.8 Å². The maximum Gasteiger partial charge on any atom is 0.0534 e. The van der Waals surface area contributed by atoms with Crippen LogP contribution in [0.4, 0.5) is 0 Å². The summed E-state index contributed by atoms with van der Waals surface area (Å²) in [5, 5.41) is 7.71. The summed E-state index contributed by atoms with van der Waals surface area (Å²) in [5.74, 6) is 0. The van der Waals surface area contributed by atoms with E-state index >= 15 is 0 Å². The van der Waals surface area contributed by atoms with E-state index < -0.39 is 0 Å². The van der Waals surface area contributed by atoms with Gasteiger partial charge in [0.25, 0.3) is 0 Å². The Morgan fingerprint density at radius 1 is 1.32 bits per heavy atom. The highest BCUT2D eigenvalue weighted by Gasteiger charge is 2.12. The van der Waals surface area contributed by atoms with Gasteiger partial charge in [-0.15, -0.1) is 0 Å². The molecule has 0 aliphatic carbocycles. The fourth-order valence-electron chi connectivity index (χ4n) is 2.62. The van der Waals surface area contributed by atoms with Crippen molar-refractivity contribution < 1.29 is 0 Å². The molecular weight excluding hydrogens is 236 g/mol. The number of aryl methyl sites for hydroxylation is 4. The zero-order valence-corrected chi connectivity index (χ0v) is 12.4. The Morgan fingerprint density at radius 2 is 2.05 bits per heavy atom. The molecule has 0 saturated heterocycles. The van der Waals surface area contributed by atoms with Gasteiger partial charge in [0.1, 0.15) is 0 Å². The monoisotopic (exact) mass is 258 g/mol. The number of aromatic nitrogens is 3. The zero-order valence-electron chi connectivity index (χ0n) is 12.4. The summed E-state index contributed by atoms with van der Waals surface area (Å²) in [4.78, 5) is 4.56. The van der Waals surface area contributed by atoms with E-state index in [9.17, 15) is 0 Å². The molecular formula is C15H22N4. The van der Waals surface area contributed by atoms with Gasteiger partial charge in [-0.05, 0) is 44.9 Å². The summed E-state index contributed by atoms with van der Waals surface area (Å²) in [6.07, 6.45) is 3.93. The average molecular weight is 258 g/mol. The molecule has 19 heavy (non-hydrogen) atoms. The van der Waals surface area contributed by atoms with E-state index in [0.29, 0.717) is 0 Å². The van der Waals surface area contributed by atoms with Crippen LogP contribution in [0.5, 0.6) is 0 Å². The van der Waals surface area contributed by atoms with E-state index in [1.807, 2.05) is 31.0 Å². The van der Waals surface area contributed by atoms with Crippen LogP contribution in [0.15, 0.2) is 18.5 Å². The number of hydrogen-bond acceptors (Lipinski definition) is 3. The summed E-state index contributed by atoms with van der Waals surface area (Å²) >= 11 is 0. The highest BCUT2D eigenvalue weighted by atomic mass is 15.2. The third-order valence-corrected chi connectivity index (χ3v) is 3.39. The Kier molecular flexibility index (Phi) is 4.00. The van der Waals surface area contributed by atoms with Gasteiger partial charge in [-0.25, -0.2) is 0 Å². The predicted octanol–water partition coefficient (Wildman–Crippen LogP) is 2.59.